The van der Waals surface area contributed by atoms with Gasteiger partial charge in [-0.2, -0.15) is 0 Å². The zero-order chi connectivity index (χ0) is 10.8. The van der Waals surface area contributed by atoms with Gasteiger partial charge in [0.2, 0.25) is 0 Å². The van der Waals surface area contributed by atoms with Gasteiger partial charge in [-0.3, -0.25) is 4.79 Å². The van der Waals surface area contributed by atoms with Crippen LogP contribution in [0.5, 0.6) is 0 Å². The quantitative estimate of drug-likeness (QED) is 0.818. The van der Waals surface area contributed by atoms with Crippen molar-refractivity contribution in [1.82, 2.24) is 4.57 Å². The minimum atomic E-state index is 0.0671. The van der Waals surface area contributed by atoms with Crippen molar-refractivity contribution in [3.8, 4) is 0 Å². The molecule has 0 radical (unpaired) electrons. The molecule has 82 valence electrons. The van der Waals surface area contributed by atoms with E-state index >= 15 is 0 Å². The SMILES string of the molecule is Cc1c(N)ccc(=O)n1CCCC1CC1. The van der Waals surface area contributed by atoms with Crippen LogP contribution in [-0.2, 0) is 6.54 Å². The summed E-state index contributed by atoms with van der Waals surface area (Å²) >= 11 is 0. The molecule has 1 heterocycles. The molecule has 1 aliphatic carbocycles. The maximum Gasteiger partial charge on any atom is 0.250 e. The first kappa shape index (κ1) is 10.3. The highest BCUT2D eigenvalue weighted by molar-refractivity contribution is 5.41. The Morgan fingerprint density at radius 2 is 2.20 bits per heavy atom. The molecule has 1 fully saturated rings. The Morgan fingerprint density at radius 1 is 1.47 bits per heavy atom. The fraction of sp³-hybridized carbons (Fsp3) is 0.583. The summed E-state index contributed by atoms with van der Waals surface area (Å²) in [5.41, 5.74) is 7.45. The van der Waals surface area contributed by atoms with Gasteiger partial charge in [0.15, 0.2) is 0 Å². The fourth-order valence-corrected chi connectivity index (χ4v) is 1.92. The number of nitrogens with zero attached hydrogens (tertiary/aromatic N) is 1. The topological polar surface area (TPSA) is 48.0 Å². The smallest absolute Gasteiger partial charge is 0.250 e. The highest BCUT2D eigenvalue weighted by Gasteiger charge is 2.20. The Hall–Kier alpha value is -1.25. The molecule has 1 aromatic heterocycles. The minimum Gasteiger partial charge on any atom is -0.397 e. The number of hydrogen-bond acceptors (Lipinski definition) is 2. The maximum absolute atomic E-state index is 11.6. The number of nitrogens with two attached hydrogens (primary N) is 1. The van der Waals surface area contributed by atoms with Crippen molar-refractivity contribution in [2.45, 2.75) is 39.2 Å². The van der Waals surface area contributed by atoms with E-state index in [0.717, 1.165) is 24.6 Å². The Bertz CT molecular complexity index is 405. The van der Waals surface area contributed by atoms with E-state index in [9.17, 15) is 4.79 Å². The second-order valence-electron chi connectivity index (χ2n) is 4.45. The van der Waals surface area contributed by atoms with Crippen LogP contribution in [0, 0.1) is 12.8 Å². The molecule has 0 unspecified atom stereocenters. The van der Waals surface area contributed by atoms with Crippen molar-refractivity contribution in [3.05, 3.63) is 28.2 Å². The van der Waals surface area contributed by atoms with Gasteiger partial charge in [0.1, 0.15) is 0 Å². The van der Waals surface area contributed by atoms with Crippen LogP contribution in [0.2, 0.25) is 0 Å². The van der Waals surface area contributed by atoms with Gasteiger partial charge < -0.3 is 10.3 Å². The lowest BCUT2D eigenvalue weighted by Gasteiger charge is -2.11. The Kier molecular flexibility index (Phi) is 2.80. The second kappa shape index (κ2) is 4.09. The van der Waals surface area contributed by atoms with Gasteiger partial charge in [0.05, 0.1) is 5.69 Å². The molecule has 0 aliphatic heterocycles. The summed E-state index contributed by atoms with van der Waals surface area (Å²) in [6.07, 6.45) is 5.10. The molecule has 1 saturated carbocycles. The summed E-state index contributed by atoms with van der Waals surface area (Å²) in [6, 6.07) is 3.24. The van der Waals surface area contributed by atoms with Gasteiger partial charge in [-0.15, -0.1) is 0 Å². The number of aromatic nitrogens is 1. The summed E-state index contributed by atoms with van der Waals surface area (Å²) in [7, 11) is 0. The molecule has 1 aromatic rings. The third-order valence-corrected chi connectivity index (χ3v) is 3.19. The molecular weight excluding hydrogens is 188 g/mol. The van der Waals surface area contributed by atoms with Crippen LogP contribution in [-0.4, -0.2) is 4.57 Å². The van der Waals surface area contributed by atoms with Gasteiger partial charge >= 0.3 is 0 Å². The van der Waals surface area contributed by atoms with Crippen LogP contribution >= 0.6 is 0 Å². The van der Waals surface area contributed by atoms with Crippen LogP contribution in [0.25, 0.3) is 0 Å². The van der Waals surface area contributed by atoms with E-state index in [1.807, 2.05) is 6.92 Å². The molecule has 15 heavy (non-hydrogen) atoms. The number of rotatable bonds is 4. The minimum absolute atomic E-state index is 0.0671. The van der Waals surface area contributed by atoms with Crippen molar-refractivity contribution in [1.29, 1.82) is 0 Å². The predicted octanol–water partition coefficient (Wildman–Crippen LogP) is 1.93. The molecule has 0 spiro atoms. The van der Waals surface area contributed by atoms with Crippen molar-refractivity contribution in [3.63, 3.8) is 0 Å². The van der Waals surface area contributed by atoms with Gasteiger partial charge in [-0.25, -0.2) is 0 Å². The zero-order valence-corrected chi connectivity index (χ0v) is 9.20. The summed E-state index contributed by atoms with van der Waals surface area (Å²) in [4.78, 5) is 11.6. The third-order valence-electron chi connectivity index (χ3n) is 3.19. The predicted molar refractivity (Wildman–Crippen MR) is 61.8 cm³/mol. The maximum atomic E-state index is 11.6. The van der Waals surface area contributed by atoms with Crippen LogP contribution in [0.1, 0.15) is 31.4 Å². The van der Waals surface area contributed by atoms with Gasteiger partial charge in [-0.1, -0.05) is 12.8 Å². The molecule has 0 atom stereocenters. The Labute approximate surface area is 89.9 Å². The average Bonchev–Trinajstić information content (AvgIpc) is 3.01. The highest BCUT2D eigenvalue weighted by Crippen LogP contribution is 2.33. The van der Waals surface area contributed by atoms with E-state index in [2.05, 4.69) is 0 Å². The van der Waals surface area contributed by atoms with Crippen LogP contribution in [0.3, 0.4) is 0 Å². The van der Waals surface area contributed by atoms with E-state index in [1.54, 1.807) is 16.7 Å². The van der Waals surface area contributed by atoms with Gasteiger partial charge in [0.25, 0.3) is 5.56 Å². The summed E-state index contributed by atoms with van der Waals surface area (Å²) in [5, 5.41) is 0. The van der Waals surface area contributed by atoms with E-state index in [-0.39, 0.29) is 5.56 Å². The zero-order valence-electron chi connectivity index (χ0n) is 9.20. The molecule has 3 nitrogen and oxygen atoms in total. The highest BCUT2D eigenvalue weighted by atomic mass is 16.1. The van der Waals surface area contributed by atoms with E-state index < -0.39 is 0 Å². The first-order valence-corrected chi connectivity index (χ1v) is 5.64. The summed E-state index contributed by atoms with van der Waals surface area (Å²) in [5.74, 6) is 0.932. The van der Waals surface area contributed by atoms with Crippen LogP contribution < -0.4 is 11.3 Å². The Balaban J connectivity index is 2.04. The molecule has 3 heteroatoms. The molecule has 2 N–H and O–H groups in total. The Morgan fingerprint density at radius 3 is 2.87 bits per heavy atom. The number of pyridine rings is 1. The lowest BCUT2D eigenvalue weighted by molar-refractivity contribution is 0.557. The lowest BCUT2D eigenvalue weighted by Crippen LogP contribution is -2.22. The van der Waals surface area contributed by atoms with Crippen molar-refractivity contribution < 1.29 is 0 Å². The van der Waals surface area contributed by atoms with Crippen molar-refractivity contribution >= 4 is 5.69 Å². The molecule has 0 saturated heterocycles. The van der Waals surface area contributed by atoms with E-state index in [1.165, 1.54) is 19.3 Å². The third kappa shape index (κ3) is 2.41. The normalized spacial score (nSPS) is 15.5. The number of hydrogen-bond donors (Lipinski definition) is 1. The average molecular weight is 206 g/mol. The number of anilines is 1. The largest absolute Gasteiger partial charge is 0.397 e. The first-order chi connectivity index (χ1) is 7.18. The van der Waals surface area contributed by atoms with Crippen molar-refractivity contribution in [2.75, 3.05) is 5.73 Å². The monoisotopic (exact) mass is 206 g/mol. The number of nitrogen functional groups attached to an aromatic ring is 1. The van der Waals surface area contributed by atoms with Crippen LogP contribution in [0.4, 0.5) is 5.69 Å². The molecule has 0 aromatic carbocycles. The van der Waals surface area contributed by atoms with Crippen molar-refractivity contribution in [2.24, 2.45) is 5.92 Å². The van der Waals surface area contributed by atoms with Gasteiger partial charge in [-0.05, 0) is 31.7 Å². The first-order valence-electron chi connectivity index (χ1n) is 5.64. The van der Waals surface area contributed by atoms with Crippen LogP contribution in [0.15, 0.2) is 16.9 Å². The molecule has 2 rings (SSSR count). The van der Waals surface area contributed by atoms with E-state index in [0.29, 0.717) is 5.69 Å². The fourth-order valence-electron chi connectivity index (χ4n) is 1.92. The second-order valence-corrected chi connectivity index (χ2v) is 4.45. The molecule has 0 bridgehead atoms. The molecule has 1 aliphatic rings. The molecular formula is C12H18N2O. The lowest BCUT2D eigenvalue weighted by atomic mass is 10.2. The summed E-state index contributed by atoms with van der Waals surface area (Å²) < 4.78 is 1.79. The molecule has 0 amide bonds. The summed E-state index contributed by atoms with van der Waals surface area (Å²) in [6.45, 7) is 2.72. The standard InChI is InChI=1S/C12H18N2O/c1-9-11(13)6-7-12(15)14(9)8-2-3-10-4-5-10/h6-7,10H,2-5,8,13H2,1H3. The van der Waals surface area contributed by atoms with E-state index in [4.69, 9.17) is 5.73 Å². The van der Waals surface area contributed by atoms with Gasteiger partial charge in [0, 0.05) is 18.3 Å².